The molecule has 2 atom stereocenters. The number of hydrogen-bond acceptors (Lipinski definition) is 4. The van der Waals surface area contributed by atoms with Crippen LogP contribution in [-0.2, 0) is 14.1 Å². The van der Waals surface area contributed by atoms with E-state index in [0.29, 0.717) is 19.0 Å². The zero-order valence-corrected chi connectivity index (χ0v) is 12.9. The van der Waals surface area contributed by atoms with E-state index < -0.39 is 11.2 Å². The fraction of sp³-hybridized carbons (Fsp3) is 0.643. The number of aromatic nitrogens is 2. The molecule has 0 aliphatic carbocycles. The molecule has 0 unspecified atom stereocenters. The third-order valence-corrected chi connectivity index (χ3v) is 4.30. The van der Waals surface area contributed by atoms with Gasteiger partial charge in [0.15, 0.2) is 0 Å². The van der Waals surface area contributed by atoms with Crippen molar-refractivity contribution in [1.29, 1.82) is 0 Å². The molecule has 0 radical (unpaired) electrons. The van der Waals surface area contributed by atoms with E-state index in [1.807, 2.05) is 0 Å². The average molecular weight is 294 g/mol. The molecule has 1 aliphatic rings. The normalized spacial score (nSPS) is 22.1. The Morgan fingerprint density at radius 1 is 1.24 bits per heavy atom. The molecule has 0 bridgehead atoms. The van der Waals surface area contributed by atoms with E-state index in [4.69, 9.17) is 5.73 Å². The van der Waals surface area contributed by atoms with Crippen LogP contribution in [0.25, 0.3) is 0 Å². The van der Waals surface area contributed by atoms with Gasteiger partial charge in [0.2, 0.25) is 0 Å². The number of likely N-dealkylation sites (tertiary alicyclic amines) is 1. The molecule has 116 valence electrons. The van der Waals surface area contributed by atoms with Gasteiger partial charge in [-0.25, -0.2) is 4.79 Å². The average Bonchev–Trinajstić information content (AvgIpc) is 2.82. The summed E-state index contributed by atoms with van der Waals surface area (Å²) in [7, 11) is 2.88. The zero-order chi connectivity index (χ0) is 15.9. The smallest absolute Gasteiger partial charge is 0.331 e. The molecule has 7 nitrogen and oxygen atoms in total. The molecule has 1 aliphatic heterocycles. The minimum Gasteiger partial charge on any atom is -0.335 e. The molecule has 1 saturated heterocycles. The van der Waals surface area contributed by atoms with Crippen molar-refractivity contribution in [2.45, 2.75) is 19.9 Å². The van der Waals surface area contributed by atoms with Crippen molar-refractivity contribution in [3.63, 3.8) is 0 Å². The second-order valence-electron chi connectivity index (χ2n) is 6.05. The lowest BCUT2D eigenvalue weighted by Gasteiger charge is -2.19. The molecule has 1 amide bonds. The Balaban J connectivity index is 2.35. The summed E-state index contributed by atoms with van der Waals surface area (Å²) in [6.45, 7) is 5.16. The highest BCUT2D eigenvalue weighted by atomic mass is 16.2. The first-order valence-electron chi connectivity index (χ1n) is 7.06. The van der Waals surface area contributed by atoms with Crippen LogP contribution in [0.15, 0.2) is 15.7 Å². The van der Waals surface area contributed by atoms with E-state index >= 15 is 0 Å². The topological polar surface area (TPSA) is 90.3 Å². The van der Waals surface area contributed by atoms with Crippen LogP contribution in [0.3, 0.4) is 0 Å². The summed E-state index contributed by atoms with van der Waals surface area (Å²) in [6.07, 6.45) is 0. The number of rotatable bonds is 2. The molecule has 1 aromatic rings. The van der Waals surface area contributed by atoms with Gasteiger partial charge in [-0.1, -0.05) is 13.8 Å². The third-order valence-electron chi connectivity index (χ3n) is 4.30. The number of nitrogens with zero attached hydrogens (tertiary/aromatic N) is 3. The van der Waals surface area contributed by atoms with Crippen molar-refractivity contribution in [2.75, 3.05) is 13.1 Å². The van der Waals surface area contributed by atoms with Crippen LogP contribution < -0.4 is 17.0 Å². The summed E-state index contributed by atoms with van der Waals surface area (Å²) < 4.78 is 2.18. The van der Waals surface area contributed by atoms with Crippen LogP contribution in [0.1, 0.15) is 24.3 Å². The summed E-state index contributed by atoms with van der Waals surface area (Å²) in [5.74, 6) is 0.300. The van der Waals surface area contributed by atoms with Crippen LogP contribution in [-0.4, -0.2) is 39.1 Å². The van der Waals surface area contributed by atoms with Crippen molar-refractivity contribution in [3.05, 3.63) is 32.6 Å². The summed E-state index contributed by atoms with van der Waals surface area (Å²) in [4.78, 5) is 37.8. The van der Waals surface area contributed by atoms with E-state index in [0.717, 1.165) is 4.57 Å². The van der Waals surface area contributed by atoms with Crippen molar-refractivity contribution in [2.24, 2.45) is 31.7 Å². The minimum atomic E-state index is -0.505. The van der Waals surface area contributed by atoms with Gasteiger partial charge in [-0.2, -0.15) is 0 Å². The van der Waals surface area contributed by atoms with Crippen molar-refractivity contribution < 1.29 is 4.79 Å². The van der Waals surface area contributed by atoms with Gasteiger partial charge in [-0.15, -0.1) is 0 Å². The number of hydrogen-bond donors (Lipinski definition) is 1. The molecular weight excluding hydrogens is 272 g/mol. The highest BCUT2D eigenvalue weighted by Gasteiger charge is 2.35. The maximum absolute atomic E-state index is 12.6. The molecule has 1 aromatic heterocycles. The molecular formula is C14H22N4O3. The summed E-state index contributed by atoms with van der Waals surface area (Å²) in [5.41, 5.74) is 5.20. The van der Waals surface area contributed by atoms with Gasteiger partial charge in [-0.05, 0) is 11.8 Å². The lowest BCUT2D eigenvalue weighted by Crippen LogP contribution is -2.42. The molecule has 1 fully saturated rings. The Labute approximate surface area is 123 Å². The summed E-state index contributed by atoms with van der Waals surface area (Å²) >= 11 is 0. The van der Waals surface area contributed by atoms with Gasteiger partial charge in [0.1, 0.15) is 5.69 Å². The molecule has 2 N–H and O–H groups in total. The lowest BCUT2D eigenvalue weighted by molar-refractivity contribution is 0.0771. The quantitative estimate of drug-likeness (QED) is 0.768. The molecule has 2 rings (SSSR count). The monoisotopic (exact) mass is 294 g/mol. The predicted octanol–water partition coefficient (Wildman–Crippen LogP) is -0.861. The van der Waals surface area contributed by atoms with Crippen molar-refractivity contribution in [1.82, 2.24) is 14.0 Å². The first kappa shape index (κ1) is 15.5. The van der Waals surface area contributed by atoms with Gasteiger partial charge in [0.25, 0.3) is 11.5 Å². The largest absolute Gasteiger partial charge is 0.335 e. The second kappa shape index (κ2) is 5.48. The van der Waals surface area contributed by atoms with Gasteiger partial charge >= 0.3 is 5.69 Å². The SMILES string of the molecule is CC(C)[C@H]1CN(C(=O)c2cc(=O)n(C)c(=O)n2C)C[C@@H]1N. The molecule has 0 saturated carbocycles. The van der Waals surface area contributed by atoms with E-state index in [1.165, 1.54) is 24.7 Å². The van der Waals surface area contributed by atoms with E-state index in [-0.39, 0.29) is 23.6 Å². The predicted molar refractivity (Wildman–Crippen MR) is 79.1 cm³/mol. The number of carbonyl (C=O) groups is 1. The van der Waals surface area contributed by atoms with Gasteiger partial charge < -0.3 is 10.6 Å². The van der Waals surface area contributed by atoms with Crippen LogP contribution in [0.2, 0.25) is 0 Å². The standard InChI is InChI=1S/C14H22N4O3/c1-8(2)9-6-18(7-10(9)15)13(20)11-5-12(19)17(4)14(21)16(11)3/h5,8-10H,6-7,15H2,1-4H3/t9-,10+/m1/s1. The molecule has 0 spiro atoms. The Bertz CT molecular complexity index is 674. The van der Waals surface area contributed by atoms with Crippen LogP contribution in [0.5, 0.6) is 0 Å². The zero-order valence-electron chi connectivity index (χ0n) is 12.9. The van der Waals surface area contributed by atoms with Crippen LogP contribution >= 0.6 is 0 Å². The highest BCUT2D eigenvalue weighted by Crippen LogP contribution is 2.23. The van der Waals surface area contributed by atoms with Gasteiger partial charge in [-0.3, -0.25) is 18.7 Å². The minimum absolute atomic E-state index is 0.0717. The Kier molecular flexibility index (Phi) is 4.04. The molecule has 0 aromatic carbocycles. The Morgan fingerprint density at radius 3 is 2.38 bits per heavy atom. The Hall–Kier alpha value is -1.89. The number of amides is 1. The molecule has 7 heteroatoms. The fourth-order valence-corrected chi connectivity index (χ4v) is 2.83. The van der Waals surface area contributed by atoms with Crippen molar-refractivity contribution >= 4 is 5.91 Å². The highest BCUT2D eigenvalue weighted by molar-refractivity contribution is 5.92. The summed E-state index contributed by atoms with van der Waals surface area (Å²) in [5, 5.41) is 0. The van der Waals surface area contributed by atoms with Crippen LogP contribution in [0, 0.1) is 11.8 Å². The maximum atomic E-state index is 12.6. The van der Waals surface area contributed by atoms with Crippen LogP contribution in [0.4, 0.5) is 0 Å². The third kappa shape index (κ3) is 2.65. The van der Waals surface area contributed by atoms with E-state index in [2.05, 4.69) is 13.8 Å². The molecule has 2 heterocycles. The second-order valence-corrected chi connectivity index (χ2v) is 6.05. The van der Waals surface area contributed by atoms with Gasteiger partial charge in [0, 0.05) is 39.3 Å². The van der Waals surface area contributed by atoms with Crippen molar-refractivity contribution in [3.8, 4) is 0 Å². The number of carbonyl (C=O) groups excluding carboxylic acids is 1. The van der Waals surface area contributed by atoms with E-state index in [1.54, 1.807) is 4.90 Å². The first-order chi connectivity index (χ1) is 9.73. The molecule has 21 heavy (non-hydrogen) atoms. The fourth-order valence-electron chi connectivity index (χ4n) is 2.83. The number of nitrogens with two attached hydrogens (primary N) is 1. The van der Waals surface area contributed by atoms with Gasteiger partial charge in [0.05, 0.1) is 0 Å². The lowest BCUT2D eigenvalue weighted by atomic mass is 9.92. The Morgan fingerprint density at radius 2 is 1.86 bits per heavy atom. The maximum Gasteiger partial charge on any atom is 0.331 e. The first-order valence-corrected chi connectivity index (χ1v) is 7.06. The van der Waals surface area contributed by atoms with E-state index in [9.17, 15) is 14.4 Å². The summed E-state index contributed by atoms with van der Waals surface area (Å²) in [6, 6.07) is 1.13.